The van der Waals surface area contributed by atoms with E-state index in [0.717, 1.165) is 10.1 Å². The molecular weight excluding hydrogens is 358 g/mol. The lowest BCUT2D eigenvalue weighted by Crippen LogP contribution is -2.36. The Bertz CT molecular complexity index is 1090. The van der Waals surface area contributed by atoms with Gasteiger partial charge in [-0.2, -0.15) is 0 Å². The molecule has 0 aliphatic heterocycles. The summed E-state index contributed by atoms with van der Waals surface area (Å²) in [6.07, 6.45) is 0. The van der Waals surface area contributed by atoms with Crippen LogP contribution >= 0.6 is 11.8 Å². The van der Waals surface area contributed by atoms with Crippen molar-refractivity contribution in [1.29, 1.82) is 0 Å². The standard InChI is InChI=1S/C16H17N5O4S/c1-20-13-12(14(22)21(2)16(20)23)17-15(18-13)26-8-11(19-24)9-4-6-10(25-3)7-5-9/h4-7,24H,8H2,1-3H3,(H,17,18)/b19-11-. The van der Waals surface area contributed by atoms with Crippen molar-refractivity contribution in [2.75, 3.05) is 12.9 Å². The number of nitrogens with one attached hydrogen (secondary N) is 1. The molecule has 9 nitrogen and oxygen atoms in total. The van der Waals surface area contributed by atoms with Gasteiger partial charge >= 0.3 is 5.69 Å². The molecule has 0 atom stereocenters. The summed E-state index contributed by atoms with van der Waals surface area (Å²) in [6.45, 7) is 0. The van der Waals surface area contributed by atoms with Crippen molar-refractivity contribution in [2.45, 2.75) is 5.16 Å². The zero-order chi connectivity index (χ0) is 18.8. The average Bonchev–Trinajstić information content (AvgIpc) is 3.10. The molecule has 0 bridgehead atoms. The second-order valence-corrected chi connectivity index (χ2v) is 6.47. The lowest BCUT2D eigenvalue weighted by atomic mass is 10.1. The summed E-state index contributed by atoms with van der Waals surface area (Å²) in [6, 6.07) is 7.11. The van der Waals surface area contributed by atoms with E-state index < -0.39 is 11.2 Å². The minimum absolute atomic E-state index is 0.254. The molecule has 2 aromatic heterocycles. The third kappa shape index (κ3) is 3.10. The Labute approximate surface area is 151 Å². The molecule has 2 heterocycles. The molecule has 0 fully saturated rings. The fourth-order valence-electron chi connectivity index (χ4n) is 2.46. The van der Waals surface area contributed by atoms with E-state index in [1.54, 1.807) is 38.4 Å². The van der Waals surface area contributed by atoms with Crippen LogP contribution in [-0.2, 0) is 14.1 Å². The van der Waals surface area contributed by atoms with Crippen molar-refractivity contribution in [3.63, 3.8) is 0 Å². The summed E-state index contributed by atoms with van der Waals surface area (Å²) >= 11 is 1.26. The van der Waals surface area contributed by atoms with Gasteiger partial charge in [-0.15, -0.1) is 0 Å². The van der Waals surface area contributed by atoms with Gasteiger partial charge in [0.05, 0.1) is 12.8 Å². The van der Waals surface area contributed by atoms with Gasteiger partial charge in [0.25, 0.3) is 5.56 Å². The molecule has 1 aromatic carbocycles. The Hall–Kier alpha value is -3.01. The summed E-state index contributed by atoms with van der Waals surface area (Å²) < 4.78 is 7.43. The fourth-order valence-corrected chi connectivity index (χ4v) is 3.29. The van der Waals surface area contributed by atoms with E-state index in [2.05, 4.69) is 15.1 Å². The number of nitrogens with zero attached hydrogens (tertiary/aromatic N) is 4. The maximum Gasteiger partial charge on any atom is 0.332 e. The van der Waals surface area contributed by atoms with E-state index in [-0.39, 0.29) is 11.2 Å². The third-order valence-corrected chi connectivity index (χ3v) is 4.85. The molecule has 0 amide bonds. The number of aromatic nitrogens is 4. The Morgan fingerprint density at radius 3 is 2.58 bits per heavy atom. The summed E-state index contributed by atoms with van der Waals surface area (Å²) in [5, 5.41) is 13.1. The molecule has 10 heteroatoms. The normalized spacial score (nSPS) is 11.9. The van der Waals surface area contributed by atoms with Crippen LogP contribution in [0.4, 0.5) is 0 Å². The first-order valence-electron chi connectivity index (χ1n) is 7.60. The number of thioether (sulfide) groups is 1. The molecule has 0 unspecified atom stereocenters. The zero-order valence-corrected chi connectivity index (χ0v) is 15.2. The van der Waals surface area contributed by atoms with Gasteiger partial charge in [-0.3, -0.25) is 13.9 Å². The van der Waals surface area contributed by atoms with E-state index >= 15 is 0 Å². The van der Waals surface area contributed by atoms with Crippen LogP contribution in [0, 0.1) is 0 Å². The largest absolute Gasteiger partial charge is 0.497 e. The first-order valence-corrected chi connectivity index (χ1v) is 8.58. The number of rotatable bonds is 5. The molecule has 26 heavy (non-hydrogen) atoms. The van der Waals surface area contributed by atoms with Crippen LogP contribution in [-0.4, -0.2) is 42.9 Å². The van der Waals surface area contributed by atoms with Crippen LogP contribution in [0.3, 0.4) is 0 Å². The highest BCUT2D eigenvalue weighted by Crippen LogP contribution is 2.19. The quantitative estimate of drug-likeness (QED) is 0.297. The van der Waals surface area contributed by atoms with Gasteiger partial charge in [0.1, 0.15) is 5.75 Å². The van der Waals surface area contributed by atoms with Crippen LogP contribution in [0.2, 0.25) is 0 Å². The number of aryl methyl sites for hydroxylation is 1. The highest BCUT2D eigenvalue weighted by atomic mass is 32.2. The monoisotopic (exact) mass is 375 g/mol. The molecule has 0 saturated heterocycles. The molecule has 3 rings (SSSR count). The van der Waals surface area contributed by atoms with Crippen molar-refractivity contribution in [2.24, 2.45) is 19.3 Å². The molecule has 0 aliphatic rings. The predicted molar refractivity (Wildman–Crippen MR) is 98.6 cm³/mol. The number of methoxy groups -OCH3 is 1. The van der Waals surface area contributed by atoms with Crippen LogP contribution in [0.15, 0.2) is 44.2 Å². The van der Waals surface area contributed by atoms with Crippen molar-refractivity contribution in [3.05, 3.63) is 50.7 Å². The van der Waals surface area contributed by atoms with E-state index in [4.69, 9.17) is 4.74 Å². The van der Waals surface area contributed by atoms with Gasteiger partial charge < -0.3 is 14.9 Å². The number of hydrogen-bond donors (Lipinski definition) is 2. The van der Waals surface area contributed by atoms with Crippen molar-refractivity contribution in [3.8, 4) is 5.75 Å². The topological polar surface area (TPSA) is 114 Å². The highest BCUT2D eigenvalue weighted by molar-refractivity contribution is 7.99. The van der Waals surface area contributed by atoms with Gasteiger partial charge in [0.2, 0.25) is 0 Å². The summed E-state index contributed by atoms with van der Waals surface area (Å²) in [5.74, 6) is 1.02. The second kappa shape index (κ2) is 7.08. The average molecular weight is 375 g/mol. The minimum atomic E-state index is -0.443. The number of oxime groups is 1. The SMILES string of the molecule is COc1ccc(/C(CSc2nc3c([nH]2)c(=O)n(C)c(=O)n3C)=N\O)cc1. The Balaban J connectivity index is 1.87. The maximum absolute atomic E-state index is 12.2. The molecule has 136 valence electrons. The number of hydrogen-bond acceptors (Lipinski definition) is 7. The number of ether oxygens (including phenoxy) is 1. The van der Waals surface area contributed by atoms with Crippen LogP contribution in [0.5, 0.6) is 5.75 Å². The Kier molecular flexibility index (Phi) is 4.85. The first kappa shape index (κ1) is 17.8. The van der Waals surface area contributed by atoms with Crippen LogP contribution < -0.4 is 16.0 Å². The van der Waals surface area contributed by atoms with E-state index in [1.807, 2.05) is 0 Å². The fraction of sp³-hybridized carbons (Fsp3) is 0.250. The smallest absolute Gasteiger partial charge is 0.332 e. The predicted octanol–water partition coefficient (Wildman–Crippen LogP) is 0.939. The summed E-state index contributed by atoms with van der Waals surface area (Å²) in [7, 11) is 4.54. The third-order valence-electron chi connectivity index (χ3n) is 3.96. The van der Waals surface area contributed by atoms with E-state index in [9.17, 15) is 14.8 Å². The Morgan fingerprint density at radius 1 is 1.27 bits per heavy atom. The van der Waals surface area contributed by atoms with Gasteiger partial charge in [-0.1, -0.05) is 16.9 Å². The summed E-state index contributed by atoms with van der Waals surface area (Å²) in [5.41, 5.74) is 0.840. The van der Waals surface area contributed by atoms with Gasteiger partial charge in [0.15, 0.2) is 16.3 Å². The summed E-state index contributed by atoms with van der Waals surface area (Å²) in [4.78, 5) is 31.4. The molecule has 0 aliphatic carbocycles. The lowest BCUT2D eigenvalue weighted by molar-refractivity contribution is 0.319. The first-order chi connectivity index (χ1) is 12.5. The molecule has 2 N–H and O–H groups in total. The number of benzene rings is 1. The number of imidazole rings is 1. The zero-order valence-electron chi connectivity index (χ0n) is 14.4. The second-order valence-electron chi connectivity index (χ2n) is 5.51. The van der Waals surface area contributed by atoms with Gasteiger partial charge in [-0.25, -0.2) is 9.78 Å². The maximum atomic E-state index is 12.2. The number of fused-ring (bicyclic) bond motifs is 1. The number of aromatic amines is 1. The van der Waals surface area contributed by atoms with Crippen molar-refractivity contribution < 1.29 is 9.94 Å². The molecule has 0 spiro atoms. The molecule has 3 aromatic rings. The lowest BCUT2D eigenvalue weighted by Gasteiger charge is -2.04. The number of H-pyrrole nitrogens is 1. The van der Waals surface area contributed by atoms with Crippen LogP contribution in [0.1, 0.15) is 5.56 Å². The van der Waals surface area contributed by atoms with E-state index in [1.165, 1.54) is 23.4 Å². The van der Waals surface area contributed by atoms with Crippen molar-refractivity contribution >= 4 is 28.6 Å². The molecular formula is C16H17N5O4S. The van der Waals surface area contributed by atoms with Crippen LogP contribution in [0.25, 0.3) is 11.2 Å². The molecule has 0 radical (unpaired) electrons. The van der Waals surface area contributed by atoms with Crippen molar-refractivity contribution in [1.82, 2.24) is 19.1 Å². The van der Waals surface area contributed by atoms with E-state index in [0.29, 0.717) is 22.4 Å². The van der Waals surface area contributed by atoms with Gasteiger partial charge in [0, 0.05) is 25.4 Å². The Morgan fingerprint density at radius 2 is 1.96 bits per heavy atom. The highest BCUT2D eigenvalue weighted by Gasteiger charge is 2.14. The van der Waals surface area contributed by atoms with Gasteiger partial charge in [-0.05, 0) is 24.3 Å². The minimum Gasteiger partial charge on any atom is -0.497 e. The molecule has 0 saturated carbocycles.